The van der Waals surface area contributed by atoms with E-state index in [4.69, 9.17) is 61.5 Å². The number of rotatable bonds is 19. The lowest BCUT2D eigenvalue weighted by molar-refractivity contribution is -0.146. The first-order valence-corrected chi connectivity index (χ1v) is 18.1. The second kappa shape index (κ2) is 31.1. The van der Waals surface area contributed by atoms with Crippen LogP contribution < -0.4 is 28.4 Å². The molecule has 0 aliphatic heterocycles. The van der Waals surface area contributed by atoms with Gasteiger partial charge in [0.2, 0.25) is 0 Å². The van der Waals surface area contributed by atoms with Crippen molar-refractivity contribution in [1.82, 2.24) is 0 Å². The van der Waals surface area contributed by atoms with Crippen LogP contribution in [0.1, 0.15) is 77.3 Å². The largest absolute Gasteiger partial charge is 0.496 e. The molecule has 0 spiro atoms. The van der Waals surface area contributed by atoms with Gasteiger partial charge in [-0.2, -0.15) is 0 Å². The summed E-state index contributed by atoms with van der Waals surface area (Å²) in [5.74, 6) is 2.87. The molecule has 11 nitrogen and oxygen atoms in total. The molecular formula is C41H60Cl2O11. The van der Waals surface area contributed by atoms with Crippen LogP contribution in [0.3, 0.4) is 0 Å². The zero-order chi connectivity index (χ0) is 41.6. The molecule has 2 aromatic rings. The number of carboxylic acid groups (broad SMARTS) is 1. The molecule has 2 atom stereocenters. The van der Waals surface area contributed by atoms with Gasteiger partial charge in [-0.15, -0.1) is 36.4 Å². The van der Waals surface area contributed by atoms with E-state index in [1.807, 2.05) is 26.8 Å². The molecule has 0 aromatic heterocycles. The fourth-order valence-corrected chi connectivity index (χ4v) is 4.24. The van der Waals surface area contributed by atoms with Gasteiger partial charge in [-0.3, -0.25) is 9.59 Å². The van der Waals surface area contributed by atoms with E-state index in [0.717, 1.165) is 41.5 Å². The molecule has 2 rings (SSSR count). The number of esters is 1. The van der Waals surface area contributed by atoms with E-state index >= 15 is 0 Å². The first-order valence-electron chi connectivity index (χ1n) is 17.0. The van der Waals surface area contributed by atoms with Crippen LogP contribution in [-0.4, -0.2) is 82.4 Å². The van der Waals surface area contributed by atoms with E-state index in [1.54, 1.807) is 92.1 Å². The lowest BCUT2D eigenvalue weighted by Gasteiger charge is -2.13. The molecule has 0 saturated carbocycles. The van der Waals surface area contributed by atoms with Gasteiger partial charge >= 0.3 is 11.9 Å². The second-order valence-electron chi connectivity index (χ2n) is 11.7. The average molecular weight is 800 g/mol. The third-order valence-electron chi connectivity index (χ3n) is 6.88. The van der Waals surface area contributed by atoms with E-state index in [2.05, 4.69) is 13.2 Å². The highest BCUT2D eigenvalue weighted by Crippen LogP contribution is 2.36. The van der Waals surface area contributed by atoms with Crippen molar-refractivity contribution in [3.63, 3.8) is 0 Å². The number of hydrogen-bond donors (Lipinski definition) is 2. The molecule has 304 valence electrons. The standard InChI is InChI=1S/C20H28O5.C13H18O4.C7H12O2.CH2Cl2/c1-14(2)8-7-9-20(21)25-15(3)10-11-17-18(23-5)12-16(22-4)13-19(17)24-6;1-9(14)5-6-11-12(16-3)7-10(15-2)8-13(11)17-4;1-6(2)4-3-5-7(8)9;2-1-3/h10-13,15H,1,7-9H2,2-6H3;5-9,14H,1-4H3;1,3-5H2,2H3,(H,8,9);1H2/b11-10+;6-5+;;/t15-;9-;;/m00../s1. The maximum Gasteiger partial charge on any atom is 0.306 e. The summed E-state index contributed by atoms with van der Waals surface area (Å²) in [6.45, 7) is 14.8. The first kappa shape index (κ1) is 51.8. The van der Waals surface area contributed by atoms with Gasteiger partial charge in [-0.05, 0) is 71.6 Å². The maximum atomic E-state index is 11.8. The number of hydrogen-bond acceptors (Lipinski definition) is 10. The van der Waals surface area contributed by atoms with Gasteiger partial charge in [0.1, 0.15) is 40.6 Å². The number of aliphatic hydroxyl groups excluding tert-OH is 1. The normalized spacial score (nSPS) is 11.3. The van der Waals surface area contributed by atoms with Gasteiger partial charge < -0.3 is 43.4 Å². The van der Waals surface area contributed by atoms with Crippen LogP contribution in [0.15, 0.2) is 60.7 Å². The molecule has 0 aliphatic carbocycles. The SMILES string of the molecule is C=C(C)CCCC(=O)O.C=C(C)CCCC(=O)O[C@@H](C)/C=C/c1c(OC)cc(OC)cc1OC.COc1cc(OC)c(/C=C/[C@H](C)O)c(OC)c1.ClCCl. The Balaban J connectivity index is 0. The predicted octanol–water partition coefficient (Wildman–Crippen LogP) is 9.75. The van der Waals surface area contributed by atoms with Crippen LogP contribution in [0.5, 0.6) is 34.5 Å². The Morgan fingerprint density at radius 1 is 0.667 bits per heavy atom. The number of benzene rings is 2. The highest BCUT2D eigenvalue weighted by atomic mass is 35.5. The molecule has 2 aromatic carbocycles. The molecule has 54 heavy (non-hydrogen) atoms. The average Bonchev–Trinajstić information content (AvgIpc) is 3.12. The van der Waals surface area contributed by atoms with Gasteiger partial charge in [0.25, 0.3) is 0 Å². The van der Waals surface area contributed by atoms with E-state index < -0.39 is 12.1 Å². The highest BCUT2D eigenvalue weighted by molar-refractivity contribution is 6.40. The predicted molar refractivity (Wildman–Crippen MR) is 219 cm³/mol. The molecule has 0 radical (unpaired) electrons. The number of methoxy groups -OCH3 is 6. The minimum absolute atomic E-state index is 0.194. The molecule has 0 amide bonds. The van der Waals surface area contributed by atoms with Crippen LogP contribution in [0.2, 0.25) is 0 Å². The van der Waals surface area contributed by atoms with E-state index in [0.29, 0.717) is 47.3 Å². The van der Waals surface area contributed by atoms with Crippen molar-refractivity contribution in [1.29, 1.82) is 0 Å². The number of allylic oxidation sites excluding steroid dienone is 2. The van der Waals surface area contributed by atoms with Gasteiger partial charge in [0.15, 0.2) is 0 Å². The van der Waals surface area contributed by atoms with Crippen molar-refractivity contribution < 1.29 is 53.0 Å². The lowest BCUT2D eigenvalue weighted by Crippen LogP contribution is -2.12. The maximum absolute atomic E-state index is 11.8. The third-order valence-corrected chi connectivity index (χ3v) is 6.88. The second-order valence-corrected chi connectivity index (χ2v) is 12.5. The summed E-state index contributed by atoms with van der Waals surface area (Å²) in [5.41, 5.74) is 3.66. The van der Waals surface area contributed by atoms with Crippen molar-refractivity contribution in [2.45, 2.75) is 78.4 Å². The van der Waals surface area contributed by atoms with Gasteiger partial charge in [-0.1, -0.05) is 17.2 Å². The summed E-state index contributed by atoms with van der Waals surface area (Å²) in [7, 11) is 9.48. The number of ether oxygens (including phenoxy) is 7. The minimum atomic E-state index is -0.726. The fraction of sp³-hybridized carbons (Fsp3) is 0.463. The fourth-order valence-electron chi connectivity index (χ4n) is 4.24. The summed E-state index contributed by atoms with van der Waals surface area (Å²) >= 11 is 9.53. The van der Waals surface area contributed by atoms with E-state index in [-0.39, 0.29) is 23.8 Å². The van der Waals surface area contributed by atoms with Crippen LogP contribution in [-0.2, 0) is 14.3 Å². The molecule has 0 saturated heterocycles. The van der Waals surface area contributed by atoms with E-state index in [9.17, 15) is 14.7 Å². The van der Waals surface area contributed by atoms with Crippen molar-refractivity contribution in [2.24, 2.45) is 0 Å². The Morgan fingerprint density at radius 2 is 1.02 bits per heavy atom. The summed E-state index contributed by atoms with van der Waals surface area (Å²) in [5, 5.41) is 17.6. The van der Waals surface area contributed by atoms with E-state index in [1.165, 1.54) is 0 Å². The molecule has 0 unspecified atom stereocenters. The minimum Gasteiger partial charge on any atom is -0.496 e. The zero-order valence-electron chi connectivity index (χ0n) is 33.5. The van der Waals surface area contributed by atoms with Crippen LogP contribution in [0.4, 0.5) is 0 Å². The van der Waals surface area contributed by atoms with Gasteiger partial charge in [0, 0.05) is 37.1 Å². The van der Waals surface area contributed by atoms with Gasteiger partial charge in [-0.25, -0.2) is 0 Å². The summed E-state index contributed by atoms with van der Waals surface area (Å²) in [4.78, 5) is 21.8. The van der Waals surface area contributed by atoms with Crippen molar-refractivity contribution >= 4 is 47.3 Å². The van der Waals surface area contributed by atoms with Crippen molar-refractivity contribution in [2.75, 3.05) is 48.0 Å². The smallest absolute Gasteiger partial charge is 0.306 e. The Hall–Kier alpha value is -4.32. The summed E-state index contributed by atoms with van der Waals surface area (Å²) in [6, 6.07) is 7.08. The Bertz CT molecular complexity index is 1400. The molecule has 13 heteroatoms. The number of aliphatic carboxylic acids is 1. The Morgan fingerprint density at radius 3 is 1.31 bits per heavy atom. The van der Waals surface area contributed by atoms with Crippen LogP contribution in [0, 0.1) is 0 Å². The van der Waals surface area contributed by atoms with Crippen molar-refractivity contribution in [3.05, 3.63) is 71.8 Å². The number of aliphatic hydroxyl groups is 1. The number of carbonyl (C=O) groups excluding carboxylic acids is 1. The number of carbonyl (C=O) groups is 2. The van der Waals surface area contributed by atoms with Crippen LogP contribution in [0.25, 0.3) is 12.2 Å². The van der Waals surface area contributed by atoms with Crippen molar-refractivity contribution in [3.8, 4) is 34.5 Å². The quantitative estimate of drug-likeness (QED) is 0.0798. The number of carboxylic acids is 1. The topological polar surface area (TPSA) is 139 Å². The summed E-state index contributed by atoms with van der Waals surface area (Å²) in [6.07, 6.45) is 9.94. The first-order chi connectivity index (χ1) is 25.6. The van der Waals surface area contributed by atoms with Gasteiger partial charge in [0.05, 0.1) is 65.2 Å². The summed E-state index contributed by atoms with van der Waals surface area (Å²) < 4.78 is 37.1. The Labute approximate surface area is 332 Å². The lowest BCUT2D eigenvalue weighted by atomic mass is 10.1. The monoisotopic (exact) mass is 798 g/mol. The Kier molecular flexibility index (Phi) is 29.8. The number of halogens is 2. The molecule has 2 N–H and O–H groups in total. The third kappa shape index (κ3) is 24.1. The molecule has 0 heterocycles. The molecular weight excluding hydrogens is 739 g/mol. The molecule has 0 fully saturated rings. The zero-order valence-corrected chi connectivity index (χ0v) is 35.0. The van der Waals surface area contributed by atoms with Crippen LogP contribution >= 0.6 is 23.2 Å². The molecule has 0 bridgehead atoms. The molecule has 0 aliphatic rings. The number of alkyl halides is 2. The highest BCUT2D eigenvalue weighted by Gasteiger charge is 2.13.